The van der Waals surface area contributed by atoms with Crippen LogP contribution in [-0.2, 0) is 4.79 Å². The molecule has 3 atom stereocenters. The van der Waals surface area contributed by atoms with Crippen LogP contribution in [-0.4, -0.2) is 38.4 Å². The standard InChI is InChI=1S/C13H15ClN6O/c14-10-9-11(17-5-16-9)19-13(18-10)20-12(21)8-7-3-1-2-6(7)4-15-8/h5-8,15H,1-4H2,(H2,16,17,18,19,20,21). The van der Waals surface area contributed by atoms with Gasteiger partial charge in [0.1, 0.15) is 5.52 Å². The number of imidazole rings is 1. The van der Waals surface area contributed by atoms with Gasteiger partial charge < -0.3 is 10.3 Å². The zero-order chi connectivity index (χ0) is 14.4. The highest BCUT2D eigenvalue weighted by Crippen LogP contribution is 2.37. The average molecular weight is 307 g/mol. The van der Waals surface area contributed by atoms with E-state index in [0.717, 1.165) is 13.0 Å². The first-order valence-electron chi connectivity index (χ1n) is 7.13. The van der Waals surface area contributed by atoms with Crippen LogP contribution in [0.4, 0.5) is 5.95 Å². The number of aromatic amines is 1. The van der Waals surface area contributed by atoms with Crippen molar-refractivity contribution in [1.29, 1.82) is 0 Å². The van der Waals surface area contributed by atoms with Gasteiger partial charge in [-0.2, -0.15) is 9.97 Å². The third-order valence-corrected chi connectivity index (χ3v) is 4.78. The molecule has 1 amide bonds. The van der Waals surface area contributed by atoms with Crippen molar-refractivity contribution in [2.75, 3.05) is 11.9 Å². The summed E-state index contributed by atoms with van der Waals surface area (Å²) >= 11 is 6.05. The van der Waals surface area contributed by atoms with E-state index in [4.69, 9.17) is 11.6 Å². The molecule has 8 heteroatoms. The van der Waals surface area contributed by atoms with Crippen LogP contribution in [0.1, 0.15) is 19.3 Å². The van der Waals surface area contributed by atoms with E-state index in [1.165, 1.54) is 19.2 Å². The maximum absolute atomic E-state index is 12.4. The molecular weight excluding hydrogens is 292 g/mol. The van der Waals surface area contributed by atoms with Crippen LogP contribution in [0.5, 0.6) is 0 Å². The van der Waals surface area contributed by atoms with Gasteiger partial charge in [0, 0.05) is 0 Å². The van der Waals surface area contributed by atoms with E-state index in [9.17, 15) is 4.79 Å². The van der Waals surface area contributed by atoms with Crippen molar-refractivity contribution >= 4 is 34.6 Å². The zero-order valence-electron chi connectivity index (χ0n) is 11.3. The van der Waals surface area contributed by atoms with E-state index < -0.39 is 0 Å². The Kier molecular flexibility index (Phi) is 3.04. The van der Waals surface area contributed by atoms with Crippen LogP contribution in [0.25, 0.3) is 11.2 Å². The molecule has 0 bridgehead atoms. The van der Waals surface area contributed by atoms with E-state index in [2.05, 4.69) is 30.6 Å². The number of rotatable bonds is 2. The highest BCUT2D eigenvalue weighted by molar-refractivity contribution is 6.33. The molecule has 2 fully saturated rings. The molecule has 1 saturated carbocycles. The quantitative estimate of drug-likeness (QED) is 0.728. The Morgan fingerprint density at radius 1 is 1.38 bits per heavy atom. The third-order valence-electron chi connectivity index (χ3n) is 4.50. The Hall–Kier alpha value is -1.73. The van der Waals surface area contributed by atoms with Crippen LogP contribution < -0.4 is 10.6 Å². The number of hydrogen-bond acceptors (Lipinski definition) is 5. The van der Waals surface area contributed by atoms with Gasteiger partial charge in [-0.05, 0) is 31.2 Å². The van der Waals surface area contributed by atoms with Crippen molar-refractivity contribution in [1.82, 2.24) is 25.3 Å². The Morgan fingerprint density at radius 3 is 3.19 bits per heavy atom. The first-order chi connectivity index (χ1) is 10.2. The molecular formula is C13H15ClN6O. The molecule has 110 valence electrons. The number of carbonyl (C=O) groups excluding carboxylic acids is 1. The van der Waals surface area contributed by atoms with E-state index in [1.807, 2.05) is 0 Å². The molecule has 3 unspecified atom stereocenters. The lowest BCUT2D eigenvalue weighted by molar-refractivity contribution is -0.118. The number of aromatic nitrogens is 4. The molecule has 7 nitrogen and oxygen atoms in total. The van der Waals surface area contributed by atoms with Crippen molar-refractivity contribution in [3.8, 4) is 0 Å². The minimum Gasteiger partial charge on any atom is -0.341 e. The number of nitrogens with one attached hydrogen (secondary N) is 3. The lowest BCUT2D eigenvalue weighted by Gasteiger charge is -2.17. The molecule has 3 heterocycles. The van der Waals surface area contributed by atoms with E-state index in [1.54, 1.807) is 0 Å². The molecule has 21 heavy (non-hydrogen) atoms. The Morgan fingerprint density at radius 2 is 2.29 bits per heavy atom. The number of carbonyl (C=O) groups is 1. The second-order valence-corrected chi connectivity index (χ2v) is 6.03. The minimum atomic E-state index is -0.158. The van der Waals surface area contributed by atoms with Gasteiger partial charge in [0.2, 0.25) is 11.9 Å². The first-order valence-corrected chi connectivity index (χ1v) is 7.51. The van der Waals surface area contributed by atoms with Gasteiger partial charge in [0.25, 0.3) is 0 Å². The molecule has 3 N–H and O–H groups in total. The van der Waals surface area contributed by atoms with Crippen LogP contribution in [0, 0.1) is 11.8 Å². The first kappa shape index (κ1) is 13.0. The Labute approximate surface area is 125 Å². The van der Waals surface area contributed by atoms with Gasteiger partial charge in [-0.1, -0.05) is 18.0 Å². The highest BCUT2D eigenvalue weighted by atomic mass is 35.5. The van der Waals surface area contributed by atoms with Crippen molar-refractivity contribution in [3.63, 3.8) is 0 Å². The van der Waals surface area contributed by atoms with Gasteiger partial charge in [-0.25, -0.2) is 4.98 Å². The number of hydrogen-bond donors (Lipinski definition) is 3. The summed E-state index contributed by atoms with van der Waals surface area (Å²) in [5.41, 5.74) is 1.02. The summed E-state index contributed by atoms with van der Waals surface area (Å²) in [6.07, 6.45) is 5.03. The lowest BCUT2D eigenvalue weighted by Crippen LogP contribution is -2.40. The second-order valence-electron chi connectivity index (χ2n) is 5.67. The van der Waals surface area contributed by atoms with Crippen molar-refractivity contribution in [3.05, 3.63) is 11.5 Å². The fourth-order valence-corrected chi connectivity index (χ4v) is 3.74. The van der Waals surface area contributed by atoms with Gasteiger partial charge in [-0.3, -0.25) is 10.1 Å². The largest absolute Gasteiger partial charge is 0.341 e. The van der Waals surface area contributed by atoms with Gasteiger partial charge in [0.15, 0.2) is 10.8 Å². The van der Waals surface area contributed by atoms with E-state index >= 15 is 0 Å². The van der Waals surface area contributed by atoms with Gasteiger partial charge >= 0.3 is 0 Å². The molecule has 0 aromatic carbocycles. The number of amides is 1. The summed E-state index contributed by atoms with van der Waals surface area (Å²) in [5, 5.41) is 6.32. The molecule has 4 rings (SSSR count). The van der Waals surface area contributed by atoms with Crippen LogP contribution in [0.3, 0.4) is 0 Å². The number of H-pyrrole nitrogens is 1. The van der Waals surface area contributed by atoms with Crippen molar-refractivity contribution in [2.45, 2.75) is 25.3 Å². The molecule has 2 aromatic rings. The van der Waals surface area contributed by atoms with Crippen molar-refractivity contribution < 1.29 is 4.79 Å². The molecule has 1 saturated heterocycles. The number of fused-ring (bicyclic) bond motifs is 2. The molecule has 2 aromatic heterocycles. The highest BCUT2D eigenvalue weighted by Gasteiger charge is 2.42. The third kappa shape index (κ3) is 2.16. The SMILES string of the molecule is O=C(Nc1nc(Cl)c2[nH]cnc2n1)C1NCC2CCCC21. The average Bonchev–Trinajstić information content (AvgIpc) is 3.13. The lowest BCUT2D eigenvalue weighted by atomic mass is 9.94. The normalized spacial score (nSPS) is 28.0. The number of nitrogens with zero attached hydrogens (tertiary/aromatic N) is 3. The van der Waals surface area contributed by atoms with Gasteiger partial charge in [-0.15, -0.1) is 0 Å². The van der Waals surface area contributed by atoms with Crippen LogP contribution in [0.2, 0.25) is 5.15 Å². The van der Waals surface area contributed by atoms with Gasteiger partial charge in [0.05, 0.1) is 12.4 Å². The van der Waals surface area contributed by atoms with Crippen LogP contribution in [0.15, 0.2) is 6.33 Å². The van der Waals surface area contributed by atoms with E-state index in [0.29, 0.717) is 23.0 Å². The Bertz CT molecular complexity index is 701. The Balaban J connectivity index is 1.55. The predicted molar refractivity (Wildman–Crippen MR) is 77.9 cm³/mol. The topological polar surface area (TPSA) is 95.6 Å². The summed E-state index contributed by atoms with van der Waals surface area (Å²) in [7, 11) is 0. The molecule has 1 aliphatic heterocycles. The fraction of sp³-hybridized carbons (Fsp3) is 0.538. The van der Waals surface area contributed by atoms with E-state index in [-0.39, 0.29) is 23.1 Å². The summed E-state index contributed by atoms with van der Waals surface area (Å²) in [4.78, 5) is 27.6. The zero-order valence-corrected chi connectivity index (χ0v) is 12.0. The second kappa shape index (κ2) is 4.92. The minimum absolute atomic E-state index is 0.0876. The molecule has 0 radical (unpaired) electrons. The maximum atomic E-state index is 12.4. The molecule has 0 spiro atoms. The summed E-state index contributed by atoms with van der Waals surface area (Å²) < 4.78 is 0. The molecule has 1 aliphatic carbocycles. The monoisotopic (exact) mass is 306 g/mol. The number of halogens is 1. The smallest absolute Gasteiger partial charge is 0.244 e. The predicted octanol–water partition coefficient (Wildman–Crippen LogP) is 1.33. The summed E-state index contributed by atoms with van der Waals surface area (Å²) in [6.45, 7) is 0.919. The molecule has 2 aliphatic rings. The number of anilines is 1. The van der Waals surface area contributed by atoms with Crippen molar-refractivity contribution in [2.24, 2.45) is 11.8 Å². The van der Waals surface area contributed by atoms with Crippen LogP contribution >= 0.6 is 11.6 Å². The maximum Gasteiger partial charge on any atom is 0.244 e. The summed E-state index contributed by atoms with van der Waals surface area (Å²) in [6, 6.07) is -0.158. The fourth-order valence-electron chi connectivity index (χ4n) is 3.52. The summed E-state index contributed by atoms with van der Waals surface area (Å²) in [5.74, 6) is 1.16.